The summed E-state index contributed by atoms with van der Waals surface area (Å²) in [6.45, 7) is 5.89. The van der Waals surface area contributed by atoms with Crippen molar-refractivity contribution in [3.8, 4) is 0 Å². The van der Waals surface area contributed by atoms with E-state index >= 15 is 0 Å². The maximum atomic E-state index is 3.66. The zero-order valence-electron chi connectivity index (χ0n) is 6.23. The fourth-order valence-electron chi connectivity index (χ4n) is 0.715. The van der Waals surface area contributed by atoms with E-state index in [0.717, 1.165) is 0 Å². The van der Waals surface area contributed by atoms with Gasteiger partial charge in [0.15, 0.2) is 0 Å². The lowest BCUT2D eigenvalue weighted by molar-refractivity contribution is 0.675. The van der Waals surface area contributed by atoms with Gasteiger partial charge in [0.25, 0.3) is 0 Å². The van der Waals surface area contributed by atoms with Crippen LogP contribution in [0.4, 0.5) is 0 Å². The summed E-state index contributed by atoms with van der Waals surface area (Å²) in [4.78, 5) is 0. The molecule has 0 bridgehead atoms. The van der Waals surface area contributed by atoms with Crippen LogP contribution >= 0.6 is 12.4 Å². The number of hydrogen-bond acceptors (Lipinski definition) is 0. The molecule has 0 radical (unpaired) electrons. The van der Waals surface area contributed by atoms with E-state index in [1.165, 1.54) is 32.1 Å². The van der Waals surface area contributed by atoms with Gasteiger partial charge in [-0.3, -0.25) is 0 Å². The fraction of sp³-hybridized carbons (Fsp3) is 0.750. The van der Waals surface area contributed by atoms with Crippen molar-refractivity contribution in [2.75, 3.05) is 0 Å². The summed E-state index contributed by atoms with van der Waals surface area (Å²) in [5.41, 5.74) is 0. The van der Waals surface area contributed by atoms with Crippen molar-refractivity contribution in [3.05, 3.63) is 12.7 Å². The first-order valence-corrected chi connectivity index (χ1v) is 3.52. The van der Waals surface area contributed by atoms with Gasteiger partial charge in [0.1, 0.15) is 0 Å². The van der Waals surface area contributed by atoms with Gasteiger partial charge in [-0.05, 0) is 12.8 Å². The molecule has 0 atom stereocenters. The molecule has 0 amide bonds. The van der Waals surface area contributed by atoms with Crippen molar-refractivity contribution in [2.24, 2.45) is 0 Å². The Morgan fingerprint density at radius 3 is 2.33 bits per heavy atom. The van der Waals surface area contributed by atoms with Crippen molar-refractivity contribution in [3.63, 3.8) is 0 Å². The highest BCUT2D eigenvalue weighted by Gasteiger charge is 1.81. The molecule has 0 fully saturated rings. The topological polar surface area (TPSA) is 0 Å². The minimum Gasteiger partial charge on any atom is -0.147 e. The second kappa shape index (κ2) is 10.9. The quantitative estimate of drug-likeness (QED) is 0.413. The van der Waals surface area contributed by atoms with E-state index in [2.05, 4.69) is 13.5 Å². The molecule has 0 spiro atoms. The first-order chi connectivity index (χ1) is 3.91. The Kier molecular flexibility index (Phi) is 14.3. The van der Waals surface area contributed by atoms with Crippen LogP contribution < -0.4 is 0 Å². The van der Waals surface area contributed by atoms with Crippen molar-refractivity contribution in [1.29, 1.82) is 0 Å². The Morgan fingerprint density at radius 1 is 1.22 bits per heavy atom. The second-order valence-corrected chi connectivity index (χ2v) is 2.14. The number of rotatable bonds is 5. The number of allylic oxidation sites excluding steroid dienone is 1. The van der Waals surface area contributed by atoms with Crippen LogP contribution in [0, 0.1) is 0 Å². The standard InChI is InChI=1S/C8H16.ClH/c1-3-5-7-8-6-4-2;/h3H,1,4-8H2,2H3;1H. The first-order valence-electron chi connectivity index (χ1n) is 3.52. The summed E-state index contributed by atoms with van der Waals surface area (Å²) in [5, 5.41) is 0. The Hall–Kier alpha value is 0.0300. The lowest BCUT2D eigenvalue weighted by atomic mass is 10.2. The third kappa shape index (κ3) is 11.5. The highest BCUT2D eigenvalue weighted by atomic mass is 35.5. The summed E-state index contributed by atoms with van der Waals surface area (Å²) in [5.74, 6) is 0. The Bertz CT molecular complexity index is 50.5. The van der Waals surface area contributed by atoms with Crippen LogP contribution in [0.1, 0.15) is 39.0 Å². The van der Waals surface area contributed by atoms with Gasteiger partial charge in [0.2, 0.25) is 0 Å². The minimum absolute atomic E-state index is 0. The molecule has 0 aliphatic carbocycles. The number of unbranched alkanes of at least 4 members (excludes halogenated alkanes) is 4. The maximum Gasteiger partial charge on any atom is -0.0353 e. The van der Waals surface area contributed by atoms with E-state index < -0.39 is 0 Å². The highest BCUT2D eigenvalue weighted by molar-refractivity contribution is 5.85. The minimum atomic E-state index is 0. The molecule has 0 aromatic heterocycles. The third-order valence-electron chi connectivity index (χ3n) is 1.26. The number of halogens is 1. The van der Waals surface area contributed by atoms with Gasteiger partial charge in [-0.25, -0.2) is 0 Å². The Balaban J connectivity index is 0. The molecule has 0 saturated carbocycles. The van der Waals surface area contributed by atoms with Crippen molar-refractivity contribution in [2.45, 2.75) is 39.0 Å². The van der Waals surface area contributed by atoms with Gasteiger partial charge in [0, 0.05) is 0 Å². The molecule has 0 heterocycles. The second-order valence-electron chi connectivity index (χ2n) is 2.14. The third-order valence-corrected chi connectivity index (χ3v) is 1.26. The van der Waals surface area contributed by atoms with Crippen LogP contribution in [0.25, 0.3) is 0 Å². The van der Waals surface area contributed by atoms with Gasteiger partial charge in [-0.15, -0.1) is 19.0 Å². The molecule has 9 heavy (non-hydrogen) atoms. The van der Waals surface area contributed by atoms with E-state index in [1.54, 1.807) is 0 Å². The molecular weight excluding hydrogens is 132 g/mol. The lowest BCUT2D eigenvalue weighted by Crippen LogP contribution is -1.71. The van der Waals surface area contributed by atoms with Crippen LogP contribution in [-0.4, -0.2) is 0 Å². The van der Waals surface area contributed by atoms with Crippen molar-refractivity contribution < 1.29 is 0 Å². The largest absolute Gasteiger partial charge is 0.147 e. The first kappa shape index (κ1) is 11.8. The maximum absolute atomic E-state index is 3.66. The van der Waals surface area contributed by atoms with E-state index in [-0.39, 0.29) is 12.4 Å². The van der Waals surface area contributed by atoms with Crippen LogP contribution in [0.5, 0.6) is 0 Å². The molecular formula is C8H17Cl. The van der Waals surface area contributed by atoms with Crippen LogP contribution in [0.2, 0.25) is 0 Å². The average Bonchev–Trinajstić information content (AvgIpc) is 1.81. The molecule has 0 rings (SSSR count). The Labute approximate surface area is 64.8 Å². The molecule has 0 aliphatic heterocycles. The summed E-state index contributed by atoms with van der Waals surface area (Å²) < 4.78 is 0. The van der Waals surface area contributed by atoms with Crippen molar-refractivity contribution >= 4 is 12.4 Å². The predicted molar refractivity (Wildman–Crippen MR) is 46.2 cm³/mol. The normalized spacial score (nSPS) is 8.11. The molecule has 0 aromatic rings. The van der Waals surface area contributed by atoms with Crippen molar-refractivity contribution in [1.82, 2.24) is 0 Å². The van der Waals surface area contributed by atoms with Gasteiger partial charge in [0.05, 0.1) is 0 Å². The van der Waals surface area contributed by atoms with E-state index in [9.17, 15) is 0 Å². The SMILES string of the molecule is C=CCCCCCC.Cl. The molecule has 0 saturated heterocycles. The number of hydrogen-bond donors (Lipinski definition) is 0. The monoisotopic (exact) mass is 148 g/mol. The molecule has 0 nitrogen and oxygen atoms in total. The predicted octanol–water partition coefficient (Wildman–Crippen LogP) is 3.56. The molecule has 1 heteroatoms. The highest BCUT2D eigenvalue weighted by Crippen LogP contribution is 2.01. The van der Waals surface area contributed by atoms with E-state index in [0.29, 0.717) is 0 Å². The van der Waals surface area contributed by atoms with E-state index in [4.69, 9.17) is 0 Å². The summed E-state index contributed by atoms with van der Waals surface area (Å²) >= 11 is 0. The average molecular weight is 149 g/mol. The molecule has 56 valence electrons. The van der Waals surface area contributed by atoms with Crippen LogP contribution in [0.15, 0.2) is 12.7 Å². The van der Waals surface area contributed by atoms with Gasteiger partial charge < -0.3 is 0 Å². The Morgan fingerprint density at radius 2 is 1.89 bits per heavy atom. The van der Waals surface area contributed by atoms with Crippen LogP contribution in [-0.2, 0) is 0 Å². The zero-order chi connectivity index (χ0) is 6.24. The summed E-state index contributed by atoms with van der Waals surface area (Å²) in [6.07, 6.45) is 8.61. The van der Waals surface area contributed by atoms with Crippen LogP contribution in [0.3, 0.4) is 0 Å². The van der Waals surface area contributed by atoms with Gasteiger partial charge >= 0.3 is 0 Å². The smallest absolute Gasteiger partial charge is 0.0353 e. The fourth-order valence-corrected chi connectivity index (χ4v) is 0.715. The van der Waals surface area contributed by atoms with Gasteiger partial charge in [-0.1, -0.05) is 32.3 Å². The summed E-state index contributed by atoms with van der Waals surface area (Å²) in [7, 11) is 0. The van der Waals surface area contributed by atoms with Gasteiger partial charge in [-0.2, -0.15) is 0 Å². The molecule has 0 N–H and O–H groups in total. The molecule has 0 unspecified atom stereocenters. The summed E-state index contributed by atoms with van der Waals surface area (Å²) in [6, 6.07) is 0. The van der Waals surface area contributed by atoms with E-state index in [1.807, 2.05) is 6.08 Å². The molecule has 0 aromatic carbocycles. The molecule has 0 aliphatic rings. The zero-order valence-corrected chi connectivity index (χ0v) is 7.04. The lowest BCUT2D eigenvalue weighted by Gasteiger charge is -1.91.